The topological polar surface area (TPSA) is 192 Å². The fraction of sp³-hybridized carbons (Fsp3) is 0.511. The van der Waals surface area contributed by atoms with Crippen molar-refractivity contribution in [2.75, 3.05) is 57.1 Å². The average Bonchev–Trinajstić information content (AvgIpc) is 3.51. The number of methoxy groups -OCH3 is 1. The second-order valence-electron chi connectivity index (χ2n) is 16.8. The number of carbonyl (C=O) groups is 6. The summed E-state index contributed by atoms with van der Waals surface area (Å²) in [6, 6.07) is 11.4. The van der Waals surface area contributed by atoms with Gasteiger partial charge in [-0.05, 0) is 89.3 Å². The molecule has 2 aromatic carbocycles. The Bertz CT molecular complexity index is 2110. The van der Waals surface area contributed by atoms with Gasteiger partial charge in [0.15, 0.2) is 11.6 Å². The largest absolute Gasteiger partial charge is 0.465 e. The molecule has 1 atom stereocenters. The minimum atomic E-state index is -0.974. The van der Waals surface area contributed by atoms with Crippen molar-refractivity contribution < 1.29 is 38.2 Å². The third kappa shape index (κ3) is 10.2. The molecule has 16 nitrogen and oxygen atoms in total. The molecule has 1 aromatic heterocycles. The summed E-state index contributed by atoms with van der Waals surface area (Å²) in [5.74, 6) is -0.587. The van der Waals surface area contributed by atoms with Crippen LogP contribution < -0.4 is 25.6 Å². The lowest BCUT2D eigenvalue weighted by atomic mass is 9.72. The molecule has 3 N–H and O–H groups in total. The molecule has 1 spiro atoms. The van der Waals surface area contributed by atoms with Gasteiger partial charge in [0.2, 0.25) is 17.7 Å². The van der Waals surface area contributed by atoms with E-state index in [9.17, 15) is 28.8 Å². The highest BCUT2D eigenvalue weighted by molar-refractivity contribution is 6.25. The van der Waals surface area contributed by atoms with Crippen molar-refractivity contribution in [2.45, 2.75) is 95.6 Å². The molecule has 0 bridgehead atoms. The van der Waals surface area contributed by atoms with E-state index in [-0.39, 0.29) is 29.9 Å². The molecular weight excluding hydrogens is 781 g/mol. The highest BCUT2D eigenvalue weighted by Gasteiger charge is 2.47. The first kappa shape index (κ1) is 43.2. The Morgan fingerprint density at radius 1 is 0.902 bits per heavy atom. The zero-order valence-electron chi connectivity index (χ0n) is 35.1. The van der Waals surface area contributed by atoms with E-state index in [4.69, 9.17) is 9.47 Å². The molecule has 5 heterocycles. The van der Waals surface area contributed by atoms with E-state index in [2.05, 4.69) is 42.8 Å². The van der Waals surface area contributed by atoms with E-state index in [1.165, 1.54) is 45.5 Å². The number of hydrogen-bond donors (Lipinski definition) is 3. The van der Waals surface area contributed by atoms with Gasteiger partial charge in [0.25, 0.3) is 11.8 Å². The Kier molecular flexibility index (Phi) is 13.9. The number of likely N-dealkylation sites (tertiary alicyclic amines) is 1. The number of carbonyl (C=O) groups excluding carboxylic acids is 6. The van der Waals surface area contributed by atoms with Crippen molar-refractivity contribution in [3.63, 3.8) is 0 Å². The summed E-state index contributed by atoms with van der Waals surface area (Å²) in [6.45, 7) is 4.85. The molecule has 5 aliphatic rings. The summed E-state index contributed by atoms with van der Waals surface area (Å²) in [5, 5.41) is 8.58. The number of hydrogen-bond acceptors (Lipinski definition) is 13. The Balaban J connectivity index is 0.000000189. The second-order valence-corrected chi connectivity index (χ2v) is 16.8. The number of imide groups is 2. The lowest BCUT2D eigenvalue weighted by Crippen LogP contribution is -2.60. The first-order valence-corrected chi connectivity index (χ1v) is 21.5. The molecular formula is C45H56N8O8. The molecule has 5 amide bonds. The van der Waals surface area contributed by atoms with E-state index >= 15 is 0 Å². The predicted octanol–water partition coefficient (Wildman–Crippen LogP) is 5.10. The minimum Gasteiger partial charge on any atom is -0.465 e. The summed E-state index contributed by atoms with van der Waals surface area (Å²) >= 11 is 0. The highest BCUT2D eigenvalue weighted by atomic mass is 16.5. The van der Waals surface area contributed by atoms with Gasteiger partial charge in [0, 0.05) is 49.6 Å². The molecule has 61 heavy (non-hydrogen) atoms. The fourth-order valence-electron chi connectivity index (χ4n) is 8.91. The first-order valence-electron chi connectivity index (χ1n) is 21.5. The molecule has 1 unspecified atom stereocenters. The maximum Gasteiger partial charge on any atom is 0.341 e. The molecule has 3 saturated heterocycles. The van der Waals surface area contributed by atoms with Crippen molar-refractivity contribution in [1.82, 2.24) is 30.4 Å². The van der Waals surface area contributed by atoms with Crippen LogP contribution in [0.1, 0.15) is 115 Å². The number of amides is 5. The van der Waals surface area contributed by atoms with Gasteiger partial charge in [0.1, 0.15) is 23.7 Å². The van der Waals surface area contributed by atoms with Crippen molar-refractivity contribution in [3.05, 3.63) is 71.7 Å². The van der Waals surface area contributed by atoms with Gasteiger partial charge < -0.3 is 29.9 Å². The molecule has 324 valence electrons. The quantitative estimate of drug-likeness (QED) is 0.117. The first-order chi connectivity index (χ1) is 29.6. The number of ether oxygens (including phenoxy) is 2. The van der Waals surface area contributed by atoms with Gasteiger partial charge in [-0.1, -0.05) is 43.9 Å². The molecule has 3 aromatic rings. The summed E-state index contributed by atoms with van der Waals surface area (Å²) in [5.41, 5.74) is 1.85. The lowest BCUT2D eigenvalue weighted by Gasteiger charge is -2.54. The van der Waals surface area contributed by atoms with Crippen LogP contribution in [0.25, 0.3) is 0 Å². The van der Waals surface area contributed by atoms with Crippen molar-refractivity contribution >= 4 is 47.0 Å². The number of rotatable bonds is 13. The SMILES string of the molecule is COC(=O)c1ccccc1Oc1cncnc1N1CC2(CCN(C)CC2)C1.O=C1CCC(N2C(=O)c3cccc(NCCCCCC(=O)NC4CCCCC4)c3C2=O)C(=O)N1. The van der Waals surface area contributed by atoms with Gasteiger partial charge >= 0.3 is 5.97 Å². The Hall–Kier alpha value is -5.90. The highest BCUT2D eigenvalue weighted by Crippen LogP contribution is 2.44. The molecule has 1 aliphatic carbocycles. The Morgan fingerprint density at radius 3 is 2.43 bits per heavy atom. The van der Waals surface area contributed by atoms with Crippen molar-refractivity contribution in [2.24, 2.45) is 5.41 Å². The molecule has 1 saturated carbocycles. The standard InChI is InChI=1S/C25H32N4O5.C20H24N4O3/c30-20(27-16-8-3-1-4-9-16)12-5-2-6-15-26-18-11-7-10-17-22(18)25(34)29(24(17)33)19-13-14-21(31)28-23(19)32;1-23-9-7-20(8-10-23)12-24(13-20)18-17(11-21-14-22-18)27-16-6-4-3-5-15(16)19(25)26-2/h7,10-11,16,19,26H,1-6,8-9,12-15H2,(H,27,30)(H,28,31,32);3-6,11,14H,7-10,12-13H2,1-2H3. The number of nitrogens with zero attached hydrogens (tertiary/aromatic N) is 5. The van der Waals surface area contributed by atoms with Crippen LogP contribution in [0.15, 0.2) is 55.0 Å². The summed E-state index contributed by atoms with van der Waals surface area (Å²) in [4.78, 5) is 87.9. The normalized spacial score (nSPS) is 19.9. The smallest absolute Gasteiger partial charge is 0.341 e. The summed E-state index contributed by atoms with van der Waals surface area (Å²) in [6.07, 6.45) is 14.7. The summed E-state index contributed by atoms with van der Waals surface area (Å²) in [7, 11) is 3.54. The van der Waals surface area contributed by atoms with E-state index in [0.29, 0.717) is 47.2 Å². The van der Waals surface area contributed by atoms with Gasteiger partial charge in [-0.3, -0.25) is 34.2 Å². The Labute approximate surface area is 356 Å². The van der Waals surface area contributed by atoms with Gasteiger partial charge in [-0.15, -0.1) is 0 Å². The number of fused-ring (bicyclic) bond motifs is 1. The van der Waals surface area contributed by atoms with Crippen LogP contribution in [-0.2, 0) is 19.1 Å². The van der Waals surface area contributed by atoms with Gasteiger partial charge in [-0.2, -0.15) is 0 Å². The summed E-state index contributed by atoms with van der Waals surface area (Å²) < 4.78 is 10.9. The average molecular weight is 837 g/mol. The van der Waals surface area contributed by atoms with Crippen LogP contribution in [0.3, 0.4) is 0 Å². The number of para-hydroxylation sites is 1. The van der Waals surface area contributed by atoms with E-state index < -0.39 is 35.6 Å². The third-order valence-electron chi connectivity index (χ3n) is 12.4. The number of esters is 1. The number of unbranched alkanes of at least 4 members (excludes halogenated alkanes) is 2. The molecule has 16 heteroatoms. The molecule has 4 aliphatic heterocycles. The third-order valence-corrected chi connectivity index (χ3v) is 12.4. The number of piperidine rings is 2. The van der Waals surface area contributed by atoms with E-state index in [0.717, 1.165) is 69.0 Å². The van der Waals surface area contributed by atoms with Gasteiger partial charge in [-0.25, -0.2) is 14.8 Å². The predicted molar refractivity (Wildman–Crippen MR) is 226 cm³/mol. The van der Waals surface area contributed by atoms with Crippen molar-refractivity contribution in [1.29, 1.82) is 0 Å². The number of benzene rings is 2. The van der Waals surface area contributed by atoms with Crippen LogP contribution in [0, 0.1) is 5.41 Å². The number of nitrogens with one attached hydrogen (secondary N) is 3. The van der Waals surface area contributed by atoms with Crippen LogP contribution in [0.5, 0.6) is 11.5 Å². The zero-order chi connectivity index (χ0) is 42.9. The van der Waals surface area contributed by atoms with Crippen LogP contribution in [0.4, 0.5) is 11.5 Å². The maximum absolute atomic E-state index is 13.1. The maximum atomic E-state index is 13.1. The number of aromatic nitrogens is 2. The molecule has 8 rings (SSSR count). The van der Waals surface area contributed by atoms with Crippen LogP contribution >= 0.6 is 0 Å². The zero-order valence-corrected chi connectivity index (χ0v) is 35.1. The Morgan fingerprint density at radius 2 is 1.67 bits per heavy atom. The van der Waals surface area contributed by atoms with Crippen molar-refractivity contribution in [3.8, 4) is 11.5 Å². The molecule has 0 radical (unpaired) electrons. The fourth-order valence-corrected chi connectivity index (χ4v) is 8.91. The minimum absolute atomic E-state index is 0.0909. The second kappa shape index (κ2) is 19.7. The van der Waals surface area contributed by atoms with E-state index in [1.54, 1.807) is 42.6 Å². The number of anilines is 2. The monoisotopic (exact) mass is 836 g/mol. The lowest BCUT2D eigenvalue weighted by molar-refractivity contribution is -0.136. The van der Waals surface area contributed by atoms with Gasteiger partial charge in [0.05, 0.1) is 24.4 Å². The van der Waals surface area contributed by atoms with E-state index in [1.807, 2.05) is 6.07 Å². The van der Waals surface area contributed by atoms with Crippen LogP contribution in [-0.4, -0.2) is 114 Å². The molecule has 4 fully saturated rings. The van der Waals surface area contributed by atoms with Crippen LogP contribution in [0.2, 0.25) is 0 Å².